The third-order valence-electron chi connectivity index (χ3n) is 2.49. The Bertz CT molecular complexity index is 121. The summed E-state index contributed by atoms with van der Waals surface area (Å²) in [7, 11) is 0. The Balaban J connectivity index is 2.33. The van der Waals surface area contributed by atoms with Gasteiger partial charge in [0.05, 0.1) is 18.8 Å². The van der Waals surface area contributed by atoms with Crippen LogP contribution in [0.3, 0.4) is 0 Å². The van der Waals surface area contributed by atoms with E-state index in [4.69, 9.17) is 4.74 Å². The average Bonchev–Trinajstić information content (AvgIpc) is 2.17. The van der Waals surface area contributed by atoms with Gasteiger partial charge >= 0.3 is 0 Å². The largest absolute Gasteiger partial charge is 0.390 e. The lowest BCUT2D eigenvalue weighted by atomic mass is 9.91. The Hall–Kier alpha value is -0.120. The lowest BCUT2D eigenvalue weighted by Crippen LogP contribution is -2.37. The highest BCUT2D eigenvalue weighted by Crippen LogP contribution is 2.20. The molecule has 0 aliphatic carbocycles. The number of aliphatic hydroxyl groups is 2. The molecule has 3 atom stereocenters. The van der Waals surface area contributed by atoms with Crippen molar-refractivity contribution >= 4 is 0 Å². The second-order valence-electron chi connectivity index (χ2n) is 3.44. The minimum atomic E-state index is -0.602. The van der Waals surface area contributed by atoms with Crippen molar-refractivity contribution in [3.8, 4) is 0 Å². The van der Waals surface area contributed by atoms with Crippen molar-refractivity contribution in [1.82, 2.24) is 0 Å². The monoisotopic (exact) mass is 174 g/mol. The molecule has 72 valence electrons. The topological polar surface area (TPSA) is 49.7 Å². The summed E-state index contributed by atoms with van der Waals surface area (Å²) in [6.07, 6.45) is 1.39. The van der Waals surface area contributed by atoms with Crippen LogP contribution in [0.2, 0.25) is 0 Å². The maximum Gasteiger partial charge on any atom is 0.0849 e. The van der Waals surface area contributed by atoms with Crippen LogP contribution in [0.25, 0.3) is 0 Å². The first-order valence-corrected chi connectivity index (χ1v) is 4.69. The highest BCUT2D eigenvalue weighted by atomic mass is 16.5. The van der Waals surface area contributed by atoms with Crippen molar-refractivity contribution in [2.45, 2.75) is 38.4 Å². The molecular formula is C9H18O3. The van der Waals surface area contributed by atoms with Gasteiger partial charge in [0.15, 0.2) is 0 Å². The predicted octanol–water partition coefficient (Wildman–Crippen LogP) is 0.545. The maximum absolute atomic E-state index is 9.61. The van der Waals surface area contributed by atoms with Crippen LogP contribution in [0.15, 0.2) is 0 Å². The van der Waals surface area contributed by atoms with E-state index >= 15 is 0 Å². The van der Waals surface area contributed by atoms with E-state index in [-0.39, 0.29) is 5.92 Å². The fourth-order valence-corrected chi connectivity index (χ4v) is 1.59. The molecule has 0 aromatic rings. The molecule has 0 saturated carbocycles. The number of hydrogen-bond donors (Lipinski definition) is 2. The molecule has 0 aromatic heterocycles. The molecule has 0 bridgehead atoms. The van der Waals surface area contributed by atoms with E-state index in [0.717, 1.165) is 19.4 Å². The zero-order valence-electron chi connectivity index (χ0n) is 7.57. The Morgan fingerprint density at radius 1 is 1.50 bits per heavy atom. The van der Waals surface area contributed by atoms with Gasteiger partial charge < -0.3 is 14.9 Å². The summed E-state index contributed by atoms with van der Waals surface area (Å²) in [6, 6.07) is 0. The van der Waals surface area contributed by atoms with E-state index in [2.05, 4.69) is 0 Å². The van der Waals surface area contributed by atoms with Gasteiger partial charge in [0.1, 0.15) is 0 Å². The molecule has 1 aliphatic heterocycles. The molecule has 1 saturated heterocycles. The second-order valence-corrected chi connectivity index (χ2v) is 3.44. The van der Waals surface area contributed by atoms with Gasteiger partial charge in [-0.2, -0.15) is 0 Å². The molecule has 3 nitrogen and oxygen atoms in total. The number of rotatable bonds is 3. The van der Waals surface area contributed by atoms with Crippen LogP contribution >= 0.6 is 0 Å². The van der Waals surface area contributed by atoms with E-state index in [1.807, 2.05) is 6.92 Å². The molecule has 12 heavy (non-hydrogen) atoms. The molecule has 1 rings (SSSR count). The first-order chi connectivity index (χ1) is 5.75. The van der Waals surface area contributed by atoms with E-state index in [9.17, 15) is 10.2 Å². The van der Waals surface area contributed by atoms with Crippen molar-refractivity contribution in [1.29, 1.82) is 0 Å². The molecule has 3 heteroatoms. The molecule has 1 fully saturated rings. The van der Waals surface area contributed by atoms with Gasteiger partial charge in [0.25, 0.3) is 0 Å². The standard InChI is InChI=1S/C9H18O3/c1-2-8(10)9(11)7-4-3-5-12-6-7/h7-11H,2-6H2,1H3. The summed E-state index contributed by atoms with van der Waals surface area (Å²) in [5.74, 6) is 0.133. The summed E-state index contributed by atoms with van der Waals surface area (Å²) in [6.45, 7) is 3.27. The first-order valence-electron chi connectivity index (χ1n) is 4.69. The minimum Gasteiger partial charge on any atom is -0.390 e. The molecule has 0 radical (unpaired) electrons. The van der Waals surface area contributed by atoms with E-state index in [0.29, 0.717) is 13.0 Å². The van der Waals surface area contributed by atoms with Crippen molar-refractivity contribution < 1.29 is 14.9 Å². The van der Waals surface area contributed by atoms with E-state index in [1.54, 1.807) is 0 Å². The van der Waals surface area contributed by atoms with Gasteiger partial charge in [0.2, 0.25) is 0 Å². The fourth-order valence-electron chi connectivity index (χ4n) is 1.59. The SMILES string of the molecule is CCC(O)C(O)C1CCCOC1. The Morgan fingerprint density at radius 2 is 2.25 bits per heavy atom. The molecule has 1 heterocycles. The minimum absolute atomic E-state index is 0.133. The zero-order valence-corrected chi connectivity index (χ0v) is 7.57. The van der Waals surface area contributed by atoms with Crippen molar-refractivity contribution in [3.05, 3.63) is 0 Å². The summed E-state index contributed by atoms with van der Waals surface area (Å²) < 4.78 is 5.23. The third kappa shape index (κ3) is 2.44. The summed E-state index contributed by atoms with van der Waals surface area (Å²) in [4.78, 5) is 0. The van der Waals surface area contributed by atoms with Crippen LogP contribution in [0.4, 0.5) is 0 Å². The predicted molar refractivity (Wildman–Crippen MR) is 45.8 cm³/mol. The van der Waals surface area contributed by atoms with Crippen LogP contribution in [-0.2, 0) is 4.74 Å². The normalized spacial score (nSPS) is 29.8. The molecule has 3 unspecified atom stereocenters. The first kappa shape index (κ1) is 9.96. The molecule has 0 aromatic carbocycles. The quantitative estimate of drug-likeness (QED) is 0.656. The van der Waals surface area contributed by atoms with Gasteiger partial charge in [-0.15, -0.1) is 0 Å². The molecular weight excluding hydrogens is 156 g/mol. The van der Waals surface area contributed by atoms with Gasteiger partial charge in [-0.3, -0.25) is 0 Å². The van der Waals surface area contributed by atoms with Crippen molar-refractivity contribution in [3.63, 3.8) is 0 Å². The van der Waals surface area contributed by atoms with E-state index < -0.39 is 12.2 Å². The smallest absolute Gasteiger partial charge is 0.0849 e. The lowest BCUT2D eigenvalue weighted by molar-refractivity contribution is -0.0653. The van der Waals surface area contributed by atoms with Gasteiger partial charge in [-0.1, -0.05) is 6.92 Å². The average molecular weight is 174 g/mol. The number of hydrogen-bond acceptors (Lipinski definition) is 3. The molecule has 0 amide bonds. The fraction of sp³-hybridized carbons (Fsp3) is 1.00. The molecule has 2 N–H and O–H groups in total. The summed E-state index contributed by atoms with van der Waals surface area (Å²) in [5, 5.41) is 19.0. The summed E-state index contributed by atoms with van der Waals surface area (Å²) in [5.41, 5.74) is 0. The van der Waals surface area contributed by atoms with Crippen LogP contribution in [0.1, 0.15) is 26.2 Å². The lowest BCUT2D eigenvalue weighted by Gasteiger charge is -2.29. The van der Waals surface area contributed by atoms with Crippen molar-refractivity contribution in [2.75, 3.05) is 13.2 Å². The Labute approximate surface area is 73.4 Å². The van der Waals surface area contributed by atoms with Gasteiger partial charge in [-0.05, 0) is 19.3 Å². The zero-order chi connectivity index (χ0) is 8.97. The Kier molecular flexibility index (Phi) is 3.98. The van der Waals surface area contributed by atoms with Crippen LogP contribution in [0.5, 0.6) is 0 Å². The molecule has 0 spiro atoms. The number of aliphatic hydroxyl groups excluding tert-OH is 2. The van der Waals surface area contributed by atoms with Gasteiger partial charge in [0, 0.05) is 12.5 Å². The number of ether oxygens (including phenoxy) is 1. The second kappa shape index (κ2) is 4.80. The maximum atomic E-state index is 9.61. The molecule has 1 aliphatic rings. The van der Waals surface area contributed by atoms with E-state index in [1.165, 1.54) is 0 Å². The van der Waals surface area contributed by atoms with Crippen molar-refractivity contribution in [2.24, 2.45) is 5.92 Å². The van der Waals surface area contributed by atoms with Crippen LogP contribution in [-0.4, -0.2) is 35.6 Å². The van der Waals surface area contributed by atoms with Crippen LogP contribution < -0.4 is 0 Å². The van der Waals surface area contributed by atoms with Gasteiger partial charge in [-0.25, -0.2) is 0 Å². The highest BCUT2D eigenvalue weighted by molar-refractivity contribution is 4.76. The Morgan fingerprint density at radius 3 is 2.75 bits per heavy atom. The third-order valence-corrected chi connectivity index (χ3v) is 2.49. The van der Waals surface area contributed by atoms with Crippen LogP contribution in [0, 0.1) is 5.92 Å². The summed E-state index contributed by atoms with van der Waals surface area (Å²) >= 11 is 0. The highest BCUT2D eigenvalue weighted by Gasteiger charge is 2.26.